The summed E-state index contributed by atoms with van der Waals surface area (Å²) in [4.78, 5) is 16.2. The minimum absolute atomic E-state index is 0.294. The number of rotatable bonds is 4. The summed E-state index contributed by atoms with van der Waals surface area (Å²) >= 11 is 1.54. The highest BCUT2D eigenvalue weighted by molar-refractivity contribution is 7.13. The number of hydrogen-bond donors (Lipinski definition) is 2. The number of benzene rings is 2. The Kier molecular flexibility index (Phi) is 4.63. The molecule has 23 heavy (non-hydrogen) atoms. The average Bonchev–Trinajstić information content (AvgIpc) is 3.09. The summed E-state index contributed by atoms with van der Waals surface area (Å²) in [7, 11) is 0. The van der Waals surface area contributed by atoms with E-state index in [4.69, 9.17) is 0 Å². The van der Waals surface area contributed by atoms with Gasteiger partial charge >= 0.3 is 6.03 Å². The van der Waals surface area contributed by atoms with E-state index < -0.39 is 0 Å². The average molecular weight is 327 g/mol. The van der Waals surface area contributed by atoms with E-state index in [1.807, 2.05) is 29.6 Å². The van der Waals surface area contributed by atoms with Crippen molar-refractivity contribution in [1.82, 2.24) is 10.3 Å². The van der Waals surface area contributed by atoms with Crippen molar-refractivity contribution in [2.75, 3.05) is 5.32 Å². The summed E-state index contributed by atoms with van der Waals surface area (Å²) in [5.41, 5.74) is 2.48. The highest BCUT2D eigenvalue weighted by Gasteiger charge is 2.05. The third-order valence-electron chi connectivity index (χ3n) is 3.17. The van der Waals surface area contributed by atoms with Crippen molar-refractivity contribution in [2.45, 2.75) is 6.54 Å². The molecule has 2 aromatic carbocycles. The third kappa shape index (κ3) is 4.14. The van der Waals surface area contributed by atoms with Gasteiger partial charge in [0.05, 0.1) is 0 Å². The highest BCUT2D eigenvalue weighted by atomic mass is 32.1. The second kappa shape index (κ2) is 7.02. The molecule has 1 aromatic heterocycles. The maximum absolute atomic E-state index is 12.8. The van der Waals surface area contributed by atoms with E-state index in [1.165, 1.54) is 12.1 Å². The van der Waals surface area contributed by atoms with Gasteiger partial charge in [0.15, 0.2) is 0 Å². The second-order valence-corrected chi connectivity index (χ2v) is 5.75. The molecule has 3 rings (SSSR count). The molecule has 6 heteroatoms. The van der Waals surface area contributed by atoms with Crippen LogP contribution in [0.2, 0.25) is 0 Å². The molecule has 0 aliphatic rings. The zero-order chi connectivity index (χ0) is 16.1. The maximum Gasteiger partial charge on any atom is 0.319 e. The highest BCUT2D eigenvalue weighted by Crippen LogP contribution is 2.24. The number of nitrogens with one attached hydrogen (secondary N) is 2. The molecule has 0 aliphatic carbocycles. The van der Waals surface area contributed by atoms with Crippen molar-refractivity contribution in [3.8, 4) is 10.6 Å². The Bertz CT molecular complexity index is 788. The molecule has 2 N–H and O–H groups in total. The Labute approximate surface area is 137 Å². The van der Waals surface area contributed by atoms with Gasteiger partial charge in [0, 0.05) is 29.4 Å². The van der Waals surface area contributed by atoms with E-state index in [1.54, 1.807) is 29.7 Å². The first-order chi connectivity index (χ1) is 11.2. The Balaban J connectivity index is 1.59. The Hall–Kier alpha value is -2.73. The number of hydrogen-bond acceptors (Lipinski definition) is 3. The van der Waals surface area contributed by atoms with E-state index in [2.05, 4.69) is 15.6 Å². The predicted octanol–water partition coefficient (Wildman–Crippen LogP) is 4.27. The van der Waals surface area contributed by atoms with Crippen molar-refractivity contribution >= 4 is 23.1 Å². The quantitative estimate of drug-likeness (QED) is 0.752. The van der Waals surface area contributed by atoms with Crippen LogP contribution in [0.5, 0.6) is 0 Å². The molecule has 0 saturated heterocycles. The predicted molar refractivity (Wildman–Crippen MR) is 89.8 cm³/mol. The van der Waals surface area contributed by atoms with Gasteiger partial charge in [-0.3, -0.25) is 0 Å². The van der Waals surface area contributed by atoms with Crippen LogP contribution >= 0.6 is 11.3 Å². The Morgan fingerprint density at radius 1 is 1.17 bits per heavy atom. The zero-order valence-corrected chi connectivity index (χ0v) is 12.9. The molecule has 0 aliphatic heterocycles. The van der Waals surface area contributed by atoms with Gasteiger partial charge in [-0.25, -0.2) is 14.2 Å². The smallest absolute Gasteiger partial charge is 0.319 e. The monoisotopic (exact) mass is 327 g/mol. The van der Waals surface area contributed by atoms with Crippen LogP contribution in [0.3, 0.4) is 0 Å². The molecule has 116 valence electrons. The fourth-order valence-corrected chi connectivity index (χ4v) is 2.69. The Morgan fingerprint density at radius 3 is 2.74 bits per heavy atom. The van der Waals surface area contributed by atoms with Gasteiger partial charge in [0.25, 0.3) is 0 Å². The van der Waals surface area contributed by atoms with Gasteiger partial charge in [-0.2, -0.15) is 0 Å². The van der Waals surface area contributed by atoms with Gasteiger partial charge in [0.1, 0.15) is 10.8 Å². The molecule has 2 amide bonds. The zero-order valence-electron chi connectivity index (χ0n) is 12.1. The SMILES string of the molecule is O=C(NCc1ccc(F)cc1)Nc1cccc(-c2nccs2)c1. The largest absolute Gasteiger partial charge is 0.334 e. The van der Waals surface area contributed by atoms with Gasteiger partial charge in [0.2, 0.25) is 0 Å². The van der Waals surface area contributed by atoms with E-state index in [-0.39, 0.29) is 11.8 Å². The lowest BCUT2D eigenvalue weighted by Crippen LogP contribution is -2.28. The van der Waals surface area contributed by atoms with E-state index in [9.17, 15) is 9.18 Å². The molecular weight excluding hydrogens is 313 g/mol. The van der Waals surface area contributed by atoms with Gasteiger partial charge in [-0.15, -0.1) is 11.3 Å². The summed E-state index contributed by atoms with van der Waals surface area (Å²) in [6.07, 6.45) is 1.75. The molecule has 0 radical (unpaired) electrons. The van der Waals surface area contributed by atoms with Gasteiger partial charge in [-0.05, 0) is 29.8 Å². The number of urea groups is 1. The maximum atomic E-state index is 12.8. The van der Waals surface area contributed by atoms with Gasteiger partial charge in [-0.1, -0.05) is 24.3 Å². The first kappa shape index (κ1) is 15.2. The molecule has 0 spiro atoms. The third-order valence-corrected chi connectivity index (χ3v) is 3.99. The van der Waals surface area contributed by atoms with Crippen LogP contribution in [0.15, 0.2) is 60.1 Å². The lowest BCUT2D eigenvalue weighted by molar-refractivity contribution is 0.251. The van der Waals surface area contributed by atoms with Crippen LogP contribution in [0.4, 0.5) is 14.9 Å². The van der Waals surface area contributed by atoms with Crippen LogP contribution in [0, 0.1) is 5.82 Å². The van der Waals surface area contributed by atoms with Crippen LogP contribution < -0.4 is 10.6 Å². The first-order valence-corrected chi connectivity index (χ1v) is 7.88. The lowest BCUT2D eigenvalue weighted by atomic mass is 10.2. The van der Waals surface area contributed by atoms with Crippen molar-refractivity contribution in [2.24, 2.45) is 0 Å². The van der Waals surface area contributed by atoms with Crippen LogP contribution in [0.25, 0.3) is 10.6 Å². The molecule has 0 fully saturated rings. The van der Waals surface area contributed by atoms with Crippen LogP contribution in [0.1, 0.15) is 5.56 Å². The summed E-state index contributed by atoms with van der Waals surface area (Å²) in [6.45, 7) is 0.332. The minimum atomic E-state index is -0.314. The molecule has 4 nitrogen and oxygen atoms in total. The topological polar surface area (TPSA) is 54.0 Å². The van der Waals surface area contributed by atoms with Crippen molar-refractivity contribution in [1.29, 1.82) is 0 Å². The molecule has 0 atom stereocenters. The number of nitrogens with zero attached hydrogens (tertiary/aromatic N) is 1. The minimum Gasteiger partial charge on any atom is -0.334 e. The number of amides is 2. The number of anilines is 1. The number of halogens is 1. The van der Waals surface area contributed by atoms with Crippen molar-refractivity contribution in [3.05, 3.63) is 71.5 Å². The molecule has 0 saturated carbocycles. The summed E-state index contributed by atoms with van der Waals surface area (Å²) in [6, 6.07) is 13.2. The molecular formula is C17H14FN3OS. The standard InChI is InChI=1S/C17H14FN3OS/c18-14-6-4-12(5-7-14)11-20-17(22)21-15-3-1-2-13(10-15)16-19-8-9-23-16/h1-10H,11H2,(H2,20,21,22). The normalized spacial score (nSPS) is 10.3. The molecule has 1 heterocycles. The summed E-state index contributed by atoms with van der Waals surface area (Å²) in [5.74, 6) is -0.294. The van der Waals surface area contributed by atoms with E-state index in [0.717, 1.165) is 16.1 Å². The van der Waals surface area contributed by atoms with Crippen LogP contribution in [-0.2, 0) is 6.54 Å². The molecule has 3 aromatic rings. The summed E-state index contributed by atoms with van der Waals surface area (Å²) < 4.78 is 12.8. The van der Waals surface area contributed by atoms with Crippen LogP contribution in [-0.4, -0.2) is 11.0 Å². The number of thiazole rings is 1. The lowest BCUT2D eigenvalue weighted by Gasteiger charge is -2.08. The van der Waals surface area contributed by atoms with Crippen molar-refractivity contribution in [3.63, 3.8) is 0 Å². The fraction of sp³-hybridized carbons (Fsp3) is 0.0588. The Morgan fingerprint density at radius 2 is 2.00 bits per heavy atom. The number of carbonyl (C=O) groups excluding carboxylic acids is 1. The number of aromatic nitrogens is 1. The summed E-state index contributed by atoms with van der Waals surface area (Å²) in [5, 5.41) is 8.32. The number of carbonyl (C=O) groups is 1. The fourth-order valence-electron chi connectivity index (χ4n) is 2.06. The van der Waals surface area contributed by atoms with E-state index in [0.29, 0.717) is 12.2 Å². The second-order valence-electron chi connectivity index (χ2n) is 4.85. The van der Waals surface area contributed by atoms with Gasteiger partial charge < -0.3 is 10.6 Å². The van der Waals surface area contributed by atoms with E-state index >= 15 is 0 Å². The van der Waals surface area contributed by atoms with Crippen molar-refractivity contribution < 1.29 is 9.18 Å². The molecule has 0 unspecified atom stereocenters. The first-order valence-electron chi connectivity index (χ1n) is 7.00. The molecule has 0 bridgehead atoms.